The lowest BCUT2D eigenvalue weighted by molar-refractivity contribution is -0.144. The molecular formula is C37H67NO10. The lowest BCUT2D eigenvalue weighted by atomic mass is 9.94. The van der Waals surface area contributed by atoms with Gasteiger partial charge in [0.1, 0.15) is 17.3 Å². The molecule has 1 unspecified atom stereocenters. The van der Waals surface area contributed by atoms with Crippen LogP contribution in [0.3, 0.4) is 0 Å². The van der Waals surface area contributed by atoms with Crippen LogP contribution in [-0.2, 0) is 42.9 Å². The Morgan fingerprint density at radius 2 is 0.896 bits per heavy atom. The van der Waals surface area contributed by atoms with Crippen LogP contribution in [0.15, 0.2) is 0 Å². The first kappa shape index (κ1) is 45.8. The van der Waals surface area contributed by atoms with Gasteiger partial charge in [-0.05, 0) is 33.1 Å². The molecule has 0 aromatic heterocycles. The number of hydrogen-bond donors (Lipinski definition) is 2. The van der Waals surface area contributed by atoms with Gasteiger partial charge in [-0.2, -0.15) is 0 Å². The Kier molecular flexibility index (Phi) is 33.1. The summed E-state index contributed by atoms with van der Waals surface area (Å²) in [6.45, 7) is 6.74. The summed E-state index contributed by atoms with van der Waals surface area (Å²) < 4.78 is 21.5. The molecule has 0 aliphatic heterocycles. The molecule has 2 N–H and O–H groups in total. The van der Waals surface area contributed by atoms with E-state index >= 15 is 0 Å². The third kappa shape index (κ3) is 35.1. The molecule has 0 radical (unpaired) electrons. The Morgan fingerprint density at radius 3 is 1.33 bits per heavy atom. The second-order valence-electron chi connectivity index (χ2n) is 12.7. The lowest BCUT2D eigenvalue weighted by Crippen LogP contribution is -2.29. The Hall–Kier alpha value is -2.21. The van der Waals surface area contributed by atoms with Crippen molar-refractivity contribution in [3.8, 4) is 0 Å². The predicted octanol–water partition coefficient (Wildman–Crippen LogP) is 6.42. The van der Waals surface area contributed by atoms with Gasteiger partial charge in [-0.25, -0.2) is 0 Å². The third-order valence-electron chi connectivity index (χ3n) is 8.06. The first-order valence-electron chi connectivity index (χ1n) is 18.5. The predicted molar refractivity (Wildman–Crippen MR) is 186 cm³/mol. The number of Topliss-reactive ketones (excluding diaryl/α,β-unsaturated/α-hetero) is 3. The summed E-state index contributed by atoms with van der Waals surface area (Å²) in [6.07, 6.45) is 18.1. The number of ketones is 3. The number of aliphatic carboxylic acids is 1. The molecule has 0 rings (SSSR count). The average molecular weight is 686 g/mol. The van der Waals surface area contributed by atoms with Gasteiger partial charge >= 0.3 is 5.97 Å². The summed E-state index contributed by atoms with van der Waals surface area (Å²) in [6, 6.07) is 0. The quantitative estimate of drug-likeness (QED) is 0.0696. The number of amides is 1. The van der Waals surface area contributed by atoms with Crippen LogP contribution in [0.5, 0.6) is 0 Å². The van der Waals surface area contributed by atoms with E-state index in [4.69, 9.17) is 18.9 Å². The second-order valence-corrected chi connectivity index (χ2v) is 12.7. The van der Waals surface area contributed by atoms with Gasteiger partial charge < -0.3 is 34.2 Å². The number of carbonyl (C=O) groups excluding carboxylic acids is 4. The van der Waals surface area contributed by atoms with Crippen molar-refractivity contribution in [2.45, 2.75) is 142 Å². The van der Waals surface area contributed by atoms with Crippen LogP contribution in [0.25, 0.3) is 0 Å². The number of carboxylic acids is 1. The SMILES string of the molecule is CC(=O)CCCCCCCCCCCCCCCCC(=O)CC(CCC(=O)NCCOCCOCCOCCOCCC(C)=O)C(=O)O. The Morgan fingerprint density at radius 1 is 0.500 bits per heavy atom. The number of carbonyl (C=O) groups is 5. The van der Waals surface area contributed by atoms with E-state index in [0.29, 0.717) is 78.0 Å². The molecule has 0 aromatic rings. The summed E-state index contributed by atoms with van der Waals surface area (Å²) >= 11 is 0. The molecule has 0 aromatic carbocycles. The van der Waals surface area contributed by atoms with E-state index in [9.17, 15) is 29.1 Å². The highest BCUT2D eigenvalue weighted by molar-refractivity contribution is 5.84. The number of carboxylic acid groups (broad SMARTS) is 1. The number of hydrogen-bond acceptors (Lipinski definition) is 9. The first-order valence-corrected chi connectivity index (χ1v) is 18.5. The fraction of sp³-hybridized carbons (Fsp3) is 0.865. The molecule has 0 aliphatic rings. The van der Waals surface area contributed by atoms with Gasteiger partial charge in [0.15, 0.2) is 0 Å². The van der Waals surface area contributed by atoms with E-state index in [-0.39, 0.29) is 36.7 Å². The van der Waals surface area contributed by atoms with Crippen LogP contribution in [0.4, 0.5) is 0 Å². The highest BCUT2D eigenvalue weighted by atomic mass is 16.6. The maximum absolute atomic E-state index is 12.4. The molecule has 0 fully saturated rings. The van der Waals surface area contributed by atoms with Gasteiger partial charge in [0, 0.05) is 38.6 Å². The lowest BCUT2D eigenvalue weighted by Gasteiger charge is -2.12. The Labute approximate surface area is 289 Å². The fourth-order valence-corrected chi connectivity index (χ4v) is 5.14. The van der Waals surface area contributed by atoms with Crippen molar-refractivity contribution >= 4 is 29.2 Å². The van der Waals surface area contributed by atoms with Crippen LogP contribution in [0.2, 0.25) is 0 Å². The maximum atomic E-state index is 12.4. The summed E-state index contributed by atoms with van der Waals surface area (Å²) in [5.74, 6) is -1.78. The zero-order valence-corrected chi connectivity index (χ0v) is 30.2. The largest absolute Gasteiger partial charge is 0.481 e. The van der Waals surface area contributed by atoms with Gasteiger partial charge in [0.25, 0.3) is 0 Å². The highest BCUT2D eigenvalue weighted by Gasteiger charge is 2.22. The standard InChI is InChI=1S/C37H67NO10/c1-32(39)17-15-13-11-9-7-5-3-4-6-8-10-12-14-16-18-35(41)31-34(37(43)44)19-20-36(42)38-22-24-46-26-28-48-30-29-47-27-25-45-23-21-33(2)40/h34H,3-31H2,1-2H3,(H,38,42)(H,43,44). The summed E-state index contributed by atoms with van der Waals surface area (Å²) in [7, 11) is 0. The van der Waals surface area contributed by atoms with E-state index in [1.807, 2.05) is 0 Å². The van der Waals surface area contributed by atoms with Crippen LogP contribution in [-0.4, -0.2) is 93.7 Å². The van der Waals surface area contributed by atoms with Crippen molar-refractivity contribution in [3.63, 3.8) is 0 Å². The molecule has 1 amide bonds. The minimum atomic E-state index is -1.03. The van der Waals surface area contributed by atoms with Crippen LogP contribution in [0, 0.1) is 5.92 Å². The van der Waals surface area contributed by atoms with Crippen molar-refractivity contribution in [3.05, 3.63) is 0 Å². The van der Waals surface area contributed by atoms with Gasteiger partial charge in [0.05, 0.1) is 58.8 Å². The molecule has 11 nitrogen and oxygen atoms in total. The minimum Gasteiger partial charge on any atom is -0.481 e. The molecule has 0 bridgehead atoms. The van der Waals surface area contributed by atoms with Crippen molar-refractivity contribution in [1.29, 1.82) is 0 Å². The second kappa shape index (κ2) is 34.6. The van der Waals surface area contributed by atoms with Crippen molar-refractivity contribution < 1.29 is 48.0 Å². The molecular weight excluding hydrogens is 618 g/mol. The topological polar surface area (TPSA) is 155 Å². The summed E-state index contributed by atoms with van der Waals surface area (Å²) in [5.41, 5.74) is 0. The zero-order valence-electron chi connectivity index (χ0n) is 30.2. The normalized spacial score (nSPS) is 11.8. The van der Waals surface area contributed by atoms with Crippen LogP contribution >= 0.6 is 0 Å². The van der Waals surface area contributed by atoms with Crippen molar-refractivity contribution in [2.75, 3.05) is 59.4 Å². The Bertz CT molecular complexity index is 835. The molecule has 1 atom stereocenters. The van der Waals surface area contributed by atoms with Gasteiger partial charge in [-0.15, -0.1) is 0 Å². The van der Waals surface area contributed by atoms with E-state index < -0.39 is 11.9 Å². The van der Waals surface area contributed by atoms with Crippen LogP contribution in [0.1, 0.15) is 142 Å². The number of unbranched alkanes of at least 4 members (excludes halogenated alkanes) is 13. The molecule has 280 valence electrons. The molecule has 0 aliphatic carbocycles. The van der Waals surface area contributed by atoms with E-state index in [2.05, 4.69) is 5.32 Å². The van der Waals surface area contributed by atoms with Crippen molar-refractivity contribution in [1.82, 2.24) is 5.32 Å². The number of ether oxygens (including phenoxy) is 4. The van der Waals surface area contributed by atoms with E-state index in [1.165, 1.54) is 71.1 Å². The van der Waals surface area contributed by atoms with E-state index in [0.717, 1.165) is 32.1 Å². The smallest absolute Gasteiger partial charge is 0.306 e. The number of nitrogens with one attached hydrogen (secondary N) is 1. The van der Waals surface area contributed by atoms with Crippen LogP contribution < -0.4 is 5.32 Å². The fourth-order valence-electron chi connectivity index (χ4n) is 5.14. The zero-order chi connectivity index (χ0) is 35.5. The van der Waals surface area contributed by atoms with Crippen molar-refractivity contribution in [2.24, 2.45) is 5.92 Å². The van der Waals surface area contributed by atoms with Gasteiger partial charge in [-0.1, -0.05) is 77.0 Å². The molecule has 0 saturated carbocycles. The first-order chi connectivity index (χ1) is 23.2. The van der Waals surface area contributed by atoms with E-state index in [1.54, 1.807) is 6.92 Å². The van der Waals surface area contributed by atoms with Gasteiger partial charge in [-0.3, -0.25) is 19.2 Å². The minimum absolute atomic E-state index is 0.0237. The third-order valence-corrected chi connectivity index (χ3v) is 8.06. The van der Waals surface area contributed by atoms with Gasteiger partial charge in [0.2, 0.25) is 5.91 Å². The summed E-state index contributed by atoms with van der Waals surface area (Å²) in [5, 5.41) is 12.3. The summed E-state index contributed by atoms with van der Waals surface area (Å²) in [4.78, 5) is 57.9. The average Bonchev–Trinajstić information content (AvgIpc) is 3.04. The number of rotatable bonds is 38. The molecule has 0 heterocycles. The maximum Gasteiger partial charge on any atom is 0.306 e. The molecule has 0 spiro atoms. The highest BCUT2D eigenvalue weighted by Crippen LogP contribution is 2.17. The Balaban J connectivity index is 3.61. The molecule has 48 heavy (non-hydrogen) atoms. The monoisotopic (exact) mass is 685 g/mol. The molecule has 0 saturated heterocycles. The molecule has 11 heteroatoms.